The third-order valence-electron chi connectivity index (χ3n) is 4.09. The maximum Gasteiger partial charge on any atom is 0.0765 e. The number of hydrogen-bond acceptors (Lipinski definition) is 3. The molecular formula is C15H27N3O. The molecule has 1 aliphatic rings. The van der Waals surface area contributed by atoms with Gasteiger partial charge in [0.05, 0.1) is 18.3 Å². The molecule has 1 saturated carbocycles. The van der Waals surface area contributed by atoms with E-state index < -0.39 is 0 Å². The fourth-order valence-electron chi connectivity index (χ4n) is 2.87. The van der Waals surface area contributed by atoms with Gasteiger partial charge in [0.15, 0.2) is 0 Å². The van der Waals surface area contributed by atoms with Crippen LogP contribution >= 0.6 is 0 Å². The molecule has 1 N–H and O–H groups in total. The van der Waals surface area contributed by atoms with E-state index in [9.17, 15) is 0 Å². The highest BCUT2D eigenvalue weighted by molar-refractivity contribution is 5.00. The van der Waals surface area contributed by atoms with Crippen molar-refractivity contribution < 1.29 is 5.11 Å². The standard InChI is InChI=1S/C15H27N3O/c1-13(2)17(10-11-19)12-14-8-9-18(16-14)15-6-4-3-5-7-15/h8-9,13,15,19H,3-7,10-12H2,1-2H3. The lowest BCUT2D eigenvalue weighted by molar-refractivity contribution is 0.157. The molecule has 1 aromatic rings. The van der Waals surface area contributed by atoms with Crippen LogP contribution in [0.2, 0.25) is 0 Å². The Bertz CT molecular complexity index is 369. The van der Waals surface area contributed by atoms with E-state index in [-0.39, 0.29) is 6.61 Å². The second-order valence-electron chi connectivity index (χ2n) is 5.87. The van der Waals surface area contributed by atoms with Gasteiger partial charge >= 0.3 is 0 Å². The van der Waals surface area contributed by atoms with E-state index >= 15 is 0 Å². The van der Waals surface area contributed by atoms with Crippen molar-refractivity contribution in [2.24, 2.45) is 0 Å². The van der Waals surface area contributed by atoms with Gasteiger partial charge in [-0.3, -0.25) is 9.58 Å². The fourth-order valence-corrected chi connectivity index (χ4v) is 2.87. The van der Waals surface area contributed by atoms with E-state index in [0.717, 1.165) is 12.2 Å². The first-order valence-electron chi connectivity index (χ1n) is 7.59. The van der Waals surface area contributed by atoms with Crippen LogP contribution < -0.4 is 0 Å². The van der Waals surface area contributed by atoms with Gasteiger partial charge < -0.3 is 5.11 Å². The summed E-state index contributed by atoms with van der Waals surface area (Å²) in [5.41, 5.74) is 1.12. The number of rotatable bonds is 6. The van der Waals surface area contributed by atoms with Gasteiger partial charge in [0.1, 0.15) is 0 Å². The molecule has 0 unspecified atom stereocenters. The first kappa shape index (κ1) is 14.5. The van der Waals surface area contributed by atoms with E-state index in [1.54, 1.807) is 0 Å². The molecule has 1 fully saturated rings. The zero-order valence-corrected chi connectivity index (χ0v) is 12.3. The lowest BCUT2D eigenvalue weighted by Crippen LogP contribution is -2.33. The molecule has 1 heterocycles. The lowest BCUT2D eigenvalue weighted by Gasteiger charge is -2.25. The lowest BCUT2D eigenvalue weighted by atomic mass is 9.96. The highest BCUT2D eigenvalue weighted by Crippen LogP contribution is 2.27. The molecule has 0 aliphatic heterocycles. The van der Waals surface area contributed by atoms with Crippen molar-refractivity contribution in [1.29, 1.82) is 0 Å². The van der Waals surface area contributed by atoms with Crippen molar-refractivity contribution >= 4 is 0 Å². The van der Waals surface area contributed by atoms with Gasteiger partial charge in [-0.15, -0.1) is 0 Å². The number of hydrogen-bond donors (Lipinski definition) is 1. The minimum Gasteiger partial charge on any atom is -0.395 e. The summed E-state index contributed by atoms with van der Waals surface area (Å²) in [5, 5.41) is 13.8. The van der Waals surface area contributed by atoms with Crippen LogP contribution in [0, 0.1) is 0 Å². The second-order valence-corrected chi connectivity index (χ2v) is 5.87. The van der Waals surface area contributed by atoms with Crippen LogP contribution in [0.5, 0.6) is 0 Å². The van der Waals surface area contributed by atoms with Crippen LogP contribution in [0.1, 0.15) is 57.7 Å². The van der Waals surface area contributed by atoms with Crippen LogP contribution in [0.15, 0.2) is 12.3 Å². The quantitative estimate of drug-likeness (QED) is 0.859. The summed E-state index contributed by atoms with van der Waals surface area (Å²) >= 11 is 0. The molecule has 4 nitrogen and oxygen atoms in total. The largest absolute Gasteiger partial charge is 0.395 e. The van der Waals surface area contributed by atoms with Gasteiger partial charge in [0.2, 0.25) is 0 Å². The summed E-state index contributed by atoms with van der Waals surface area (Å²) in [5.74, 6) is 0. The fraction of sp³-hybridized carbons (Fsp3) is 0.800. The maximum absolute atomic E-state index is 9.11. The molecule has 0 saturated heterocycles. The van der Waals surface area contributed by atoms with E-state index in [4.69, 9.17) is 10.2 Å². The topological polar surface area (TPSA) is 41.3 Å². The van der Waals surface area contributed by atoms with Crippen molar-refractivity contribution in [2.45, 2.75) is 64.6 Å². The molecule has 1 aliphatic carbocycles. The number of aromatic nitrogens is 2. The smallest absolute Gasteiger partial charge is 0.0765 e. The molecule has 0 bridgehead atoms. The summed E-state index contributed by atoms with van der Waals surface area (Å²) in [7, 11) is 0. The number of aliphatic hydroxyl groups excluding tert-OH is 1. The van der Waals surface area contributed by atoms with Gasteiger partial charge in [0.25, 0.3) is 0 Å². The minimum atomic E-state index is 0.210. The molecule has 0 amide bonds. The van der Waals surface area contributed by atoms with Gasteiger partial charge in [-0.1, -0.05) is 19.3 Å². The molecule has 0 aromatic carbocycles. The van der Waals surface area contributed by atoms with Crippen molar-refractivity contribution in [1.82, 2.24) is 14.7 Å². The first-order chi connectivity index (χ1) is 9.20. The third-order valence-corrected chi connectivity index (χ3v) is 4.09. The van der Waals surface area contributed by atoms with Crippen LogP contribution in [-0.4, -0.2) is 39.0 Å². The Labute approximate surface area is 116 Å². The third kappa shape index (κ3) is 4.05. The Kier molecular flexibility index (Phi) is 5.40. The predicted octanol–water partition coefficient (Wildman–Crippen LogP) is 2.59. The van der Waals surface area contributed by atoms with Crippen LogP contribution in [0.25, 0.3) is 0 Å². The molecule has 0 atom stereocenters. The molecule has 2 rings (SSSR count). The molecular weight excluding hydrogens is 238 g/mol. The van der Waals surface area contributed by atoms with Crippen molar-refractivity contribution in [3.63, 3.8) is 0 Å². The van der Waals surface area contributed by atoms with Crippen molar-refractivity contribution in [3.05, 3.63) is 18.0 Å². The first-order valence-corrected chi connectivity index (χ1v) is 7.59. The maximum atomic E-state index is 9.11. The number of nitrogens with zero attached hydrogens (tertiary/aromatic N) is 3. The molecule has 4 heteroatoms. The highest BCUT2D eigenvalue weighted by atomic mass is 16.3. The molecule has 0 radical (unpaired) electrons. The summed E-state index contributed by atoms with van der Waals surface area (Å²) in [4.78, 5) is 2.26. The zero-order chi connectivity index (χ0) is 13.7. The van der Waals surface area contributed by atoms with Gasteiger partial charge in [0, 0.05) is 25.3 Å². The molecule has 1 aromatic heterocycles. The van der Waals surface area contributed by atoms with Gasteiger partial charge in [-0.2, -0.15) is 5.10 Å². The Balaban J connectivity index is 1.95. The second kappa shape index (κ2) is 7.06. The zero-order valence-electron chi connectivity index (χ0n) is 12.3. The van der Waals surface area contributed by atoms with E-state index in [2.05, 4.69) is 35.7 Å². The Morgan fingerprint density at radius 2 is 2.11 bits per heavy atom. The summed E-state index contributed by atoms with van der Waals surface area (Å²) in [6, 6.07) is 3.17. The predicted molar refractivity (Wildman–Crippen MR) is 77.0 cm³/mol. The SMILES string of the molecule is CC(C)N(CCO)Cc1ccn(C2CCCCC2)n1. The minimum absolute atomic E-state index is 0.210. The Morgan fingerprint density at radius 3 is 2.74 bits per heavy atom. The summed E-state index contributed by atoms with van der Waals surface area (Å²) in [6.45, 7) is 6.08. The van der Waals surface area contributed by atoms with Crippen LogP contribution in [-0.2, 0) is 6.54 Å². The van der Waals surface area contributed by atoms with Crippen molar-refractivity contribution in [3.8, 4) is 0 Å². The average molecular weight is 265 g/mol. The molecule has 0 spiro atoms. The molecule has 108 valence electrons. The van der Waals surface area contributed by atoms with Gasteiger partial charge in [-0.25, -0.2) is 0 Å². The monoisotopic (exact) mass is 265 g/mol. The summed E-state index contributed by atoms with van der Waals surface area (Å²) < 4.78 is 2.16. The van der Waals surface area contributed by atoms with E-state index in [0.29, 0.717) is 18.6 Å². The van der Waals surface area contributed by atoms with Crippen LogP contribution in [0.4, 0.5) is 0 Å². The number of aliphatic hydroxyl groups is 1. The Hall–Kier alpha value is -0.870. The highest BCUT2D eigenvalue weighted by Gasteiger charge is 2.17. The average Bonchev–Trinajstić information content (AvgIpc) is 2.88. The summed E-state index contributed by atoms with van der Waals surface area (Å²) in [6.07, 6.45) is 8.72. The molecule has 19 heavy (non-hydrogen) atoms. The van der Waals surface area contributed by atoms with Gasteiger partial charge in [-0.05, 0) is 32.8 Å². The van der Waals surface area contributed by atoms with Crippen LogP contribution in [0.3, 0.4) is 0 Å². The van der Waals surface area contributed by atoms with E-state index in [1.807, 2.05) is 0 Å². The van der Waals surface area contributed by atoms with Crippen molar-refractivity contribution in [2.75, 3.05) is 13.2 Å². The normalized spacial score (nSPS) is 17.5. The van der Waals surface area contributed by atoms with E-state index in [1.165, 1.54) is 32.1 Å². The Morgan fingerprint density at radius 1 is 1.37 bits per heavy atom.